The number of methoxy groups -OCH3 is 1. The Hall–Kier alpha value is -3.98. The van der Waals surface area contributed by atoms with Crippen LogP contribution in [0, 0.1) is 0 Å². The Morgan fingerprint density at radius 3 is 1.39 bits per heavy atom. The number of aliphatic imine (C=N–C) groups is 1. The topological polar surface area (TPSA) is 38.7 Å². The van der Waals surface area contributed by atoms with Gasteiger partial charge in [0, 0.05) is 17.0 Å². The Kier molecular flexibility index (Phi) is 6.80. The molecule has 4 rings (SSSR count). The lowest BCUT2D eigenvalue weighted by Crippen LogP contribution is -2.42. The van der Waals surface area contributed by atoms with Gasteiger partial charge in [0.1, 0.15) is 0 Å². The molecule has 4 aromatic carbocycles. The molecule has 0 radical (unpaired) electrons. The summed E-state index contributed by atoms with van der Waals surface area (Å²) in [5, 5.41) is 0. The van der Waals surface area contributed by atoms with Crippen molar-refractivity contribution in [1.29, 1.82) is 0 Å². The van der Waals surface area contributed by atoms with Crippen LogP contribution in [0.2, 0.25) is 0 Å². The van der Waals surface area contributed by atoms with Gasteiger partial charge in [-0.3, -0.25) is 4.99 Å². The molecule has 0 amide bonds. The molecule has 0 saturated heterocycles. The molecule has 33 heavy (non-hydrogen) atoms. The summed E-state index contributed by atoms with van der Waals surface area (Å²) in [6.07, 6.45) is 0. The van der Waals surface area contributed by atoms with Gasteiger partial charge in [0.2, 0.25) is 0 Å². The Bertz CT molecular complexity index is 1120. The van der Waals surface area contributed by atoms with Crippen molar-refractivity contribution in [1.82, 2.24) is 0 Å². The zero-order valence-electron chi connectivity index (χ0n) is 18.9. The quantitative estimate of drug-likeness (QED) is 0.254. The highest BCUT2D eigenvalue weighted by atomic mass is 16.5. The predicted molar refractivity (Wildman–Crippen MR) is 134 cm³/mol. The molecule has 0 fully saturated rings. The van der Waals surface area contributed by atoms with Crippen LogP contribution in [0.5, 0.6) is 0 Å². The molecule has 0 heterocycles. The van der Waals surface area contributed by atoms with Gasteiger partial charge in [0.15, 0.2) is 5.54 Å². The van der Waals surface area contributed by atoms with Crippen molar-refractivity contribution in [3.63, 3.8) is 0 Å². The third-order valence-corrected chi connectivity index (χ3v) is 5.87. The Labute approximate surface area is 195 Å². The average Bonchev–Trinajstić information content (AvgIpc) is 2.89. The first-order valence-electron chi connectivity index (χ1n) is 11.0. The summed E-state index contributed by atoms with van der Waals surface area (Å²) in [6, 6.07) is 40.0. The molecule has 0 bridgehead atoms. The Balaban J connectivity index is 2.00. The number of carbonyl (C=O) groups is 1. The first kappa shape index (κ1) is 22.2. The van der Waals surface area contributed by atoms with Gasteiger partial charge in [-0.2, -0.15) is 0 Å². The van der Waals surface area contributed by atoms with Gasteiger partial charge < -0.3 is 4.74 Å². The molecule has 4 aromatic rings. The van der Waals surface area contributed by atoms with E-state index in [-0.39, 0.29) is 11.9 Å². The summed E-state index contributed by atoms with van der Waals surface area (Å²) in [5.41, 5.74) is 3.43. The summed E-state index contributed by atoms with van der Waals surface area (Å²) in [7, 11) is 1.42. The molecule has 0 aliphatic carbocycles. The van der Waals surface area contributed by atoms with Crippen LogP contribution in [0.1, 0.15) is 35.1 Å². The van der Waals surface area contributed by atoms with Gasteiger partial charge in [-0.25, -0.2) is 4.79 Å². The number of benzene rings is 4. The first-order valence-corrected chi connectivity index (χ1v) is 11.0. The van der Waals surface area contributed by atoms with Gasteiger partial charge >= 0.3 is 5.97 Å². The largest absolute Gasteiger partial charge is 0.467 e. The van der Waals surface area contributed by atoms with Crippen LogP contribution in [-0.2, 0) is 9.53 Å². The third kappa shape index (κ3) is 4.78. The van der Waals surface area contributed by atoms with E-state index in [0.29, 0.717) is 0 Å². The van der Waals surface area contributed by atoms with E-state index >= 15 is 0 Å². The maximum Gasteiger partial charge on any atom is 0.334 e. The van der Waals surface area contributed by atoms with Crippen molar-refractivity contribution < 1.29 is 9.53 Å². The Morgan fingerprint density at radius 2 is 1.03 bits per heavy atom. The van der Waals surface area contributed by atoms with Gasteiger partial charge in [-0.05, 0) is 18.1 Å². The molecule has 0 N–H and O–H groups in total. The van der Waals surface area contributed by atoms with E-state index in [2.05, 4.69) is 0 Å². The van der Waals surface area contributed by atoms with Crippen LogP contribution in [0.4, 0.5) is 0 Å². The number of hydrogen-bond acceptors (Lipinski definition) is 3. The SMILES string of the molecule is COC(=O)C(C)(N=C(c1ccccc1)c1ccccc1)C(c1ccccc1)c1ccccc1. The van der Waals surface area contributed by atoms with Gasteiger partial charge in [0.25, 0.3) is 0 Å². The van der Waals surface area contributed by atoms with Crippen molar-refractivity contribution in [2.45, 2.75) is 18.4 Å². The van der Waals surface area contributed by atoms with E-state index in [1.54, 1.807) is 0 Å². The maximum absolute atomic E-state index is 13.5. The minimum absolute atomic E-state index is 0.338. The lowest BCUT2D eigenvalue weighted by atomic mass is 9.76. The number of rotatable bonds is 7. The zero-order chi connectivity index (χ0) is 23.1. The molecular formula is C30H27NO2. The molecule has 0 aliphatic rings. The normalized spacial score (nSPS) is 12.6. The van der Waals surface area contributed by atoms with Crippen molar-refractivity contribution in [3.05, 3.63) is 144 Å². The van der Waals surface area contributed by atoms with Gasteiger partial charge in [-0.1, -0.05) is 121 Å². The van der Waals surface area contributed by atoms with Gasteiger partial charge in [-0.15, -0.1) is 0 Å². The van der Waals surface area contributed by atoms with E-state index < -0.39 is 5.54 Å². The highest BCUT2D eigenvalue weighted by Gasteiger charge is 2.44. The molecule has 0 aliphatic heterocycles. The number of hydrogen-bond donors (Lipinski definition) is 0. The van der Waals surface area contributed by atoms with Crippen LogP contribution >= 0.6 is 0 Å². The fourth-order valence-corrected chi connectivity index (χ4v) is 4.29. The van der Waals surface area contributed by atoms with E-state index in [1.807, 2.05) is 128 Å². The summed E-state index contributed by atoms with van der Waals surface area (Å²) in [6.45, 7) is 1.87. The molecule has 3 nitrogen and oxygen atoms in total. The van der Waals surface area contributed by atoms with E-state index in [9.17, 15) is 4.79 Å². The standard InChI is InChI=1S/C30H27NO2/c1-30(29(32)33-2,27(23-15-7-3-8-16-23)24-17-9-4-10-18-24)31-28(25-19-11-5-12-20-25)26-21-13-6-14-22-26/h3-22,27H,1-2H3. The molecule has 1 atom stereocenters. The first-order chi connectivity index (χ1) is 16.1. The second kappa shape index (κ2) is 10.1. The highest BCUT2D eigenvalue weighted by Crippen LogP contribution is 2.39. The van der Waals surface area contributed by atoms with Crippen molar-refractivity contribution in [2.75, 3.05) is 7.11 Å². The lowest BCUT2D eigenvalue weighted by molar-refractivity contribution is -0.146. The summed E-state index contributed by atoms with van der Waals surface area (Å²) >= 11 is 0. The molecule has 1 unspecified atom stereocenters. The van der Waals surface area contributed by atoms with E-state index in [1.165, 1.54) is 7.11 Å². The number of esters is 1. The monoisotopic (exact) mass is 433 g/mol. The van der Waals surface area contributed by atoms with Crippen LogP contribution in [0.3, 0.4) is 0 Å². The Morgan fingerprint density at radius 1 is 0.667 bits per heavy atom. The van der Waals surface area contributed by atoms with Crippen LogP contribution in [0.25, 0.3) is 0 Å². The van der Waals surface area contributed by atoms with Crippen molar-refractivity contribution in [3.8, 4) is 0 Å². The fourth-order valence-electron chi connectivity index (χ4n) is 4.29. The minimum atomic E-state index is -1.21. The van der Waals surface area contributed by atoms with Crippen molar-refractivity contribution in [2.24, 2.45) is 4.99 Å². The molecule has 3 heteroatoms. The highest BCUT2D eigenvalue weighted by molar-refractivity contribution is 6.14. The molecule has 0 saturated carbocycles. The fraction of sp³-hybridized carbons (Fsp3) is 0.133. The van der Waals surface area contributed by atoms with Crippen LogP contribution in [-0.4, -0.2) is 24.3 Å². The van der Waals surface area contributed by atoms with Crippen LogP contribution < -0.4 is 0 Å². The summed E-state index contributed by atoms with van der Waals surface area (Å²) in [4.78, 5) is 18.7. The van der Waals surface area contributed by atoms with Crippen LogP contribution in [0.15, 0.2) is 126 Å². The average molecular weight is 434 g/mol. The minimum Gasteiger partial charge on any atom is -0.467 e. The smallest absolute Gasteiger partial charge is 0.334 e. The van der Waals surface area contributed by atoms with E-state index in [4.69, 9.17) is 9.73 Å². The lowest BCUT2D eigenvalue weighted by Gasteiger charge is -2.33. The second-order valence-electron chi connectivity index (χ2n) is 8.09. The van der Waals surface area contributed by atoms with E-state index in [0.717, 1.165) is 28.0 Å². The molecule has 164 valence electrons. The predicted octanol–water partition coefficient (Wildman–Crippen LogP) is 6.29. The zero-order valence-corrected chi connectivity index (χ0v) is 18.9. The number of carbonyl (C=O) groups excluding carboxylic acids is 1. The summed E-state index contributed by atoms with van der Waals surface area (Å²) < 4.78 is 5.37. The maximum atomic E-state index is 13.5. The van der Waals surface area contributed by atoms with Gasteiger partial charge in [0.05, 0.1) is 12.8 Å². The molecular weight excluding hydrogens is 406 g/mol. The number of ether oxygens (including phenoxy) is 1. The second-order valence-corrected chi connectivity index (χ2v) is 8.09. The van der Waals surface area contributed by atoms with Crippen molar-refractivity contribution >= 4 is 11.7 Å². The summed E-state index contributed by atoms with van der Waals surface area (Å²) in [5.74, 6) is -0.723. The third-order valence-electron chi connectivity index (χ3n) is 5.87. The molecule has 0 aromatic heterocycles. The molecule has 0 spiro atoms. The number of nitrogens with zero attached hydrogens (tertiary/aromatic N) is 1.